The number of nitrogens with zero attached hydrogens (tertiary/aromatic N) is 6. The minimum absolute atomic E-state index is 0.174. The van der Waals surface area contributed by atoms with E-state index in [0.29, 0.717) is 29.2 Å². The van der Waals surface area contributed by atoms with E-state index in [4.69, 9.17) is 4.74 Å². The largest absolute Gasteiger partial charge is 0.448 e. The molecule has 0 spiro atoms. The molecule has 0 aromatic carbocycles. The molecule has 12 heteroatoms. The maximum Gasteiger partial charge on any atom is 0.411 e. The van der Waals surface area contributed by atoms with Crippen molar-refractivity contribution in [1.29, 1.82) is 0 Å². The second kappa shape index (κ2) is 10.1. The van der Waals surface area contributed by atoms with Crippen LogP contribution in [0.25, 0.3) is 15.3 Å². The van der Waals surface area contributed by atoms with Gasteiger partial charge in [-0.2, -0.15) is 10.2 Å². The first kappa shape index (κ1) is 23.9. The molecule has 1 aliphatic heterocycles. The number of aromatic nitrogens is 5. The first-order valence-corrected chi connectivity index (χ1v) is 12.6. The van der Waals surface area contributed by atoms with Crippen molar-refractivity contribution in [3.8, 4) is 10.4 Å². The summed E-state index contributed by atoms with van der Waals surface area (Å²) in [5.74, 6) is -0.311. The number of hydrogen-bond acceptors (Lipinski definition) is 8. The predicted molar refractivity (Wildman–Crippen MR) is 137 cm³/mol. The van der Waals surface area contributed by atoms with Crippen LogP contribution in [0.4, 0.5) is 16.2 Å². The zero-order valence-electron chi connectivity index (χ0n) is 20.4. The van der Waals surface area contributed by atoms with Gasteiger partial charge in [-0.1, -0.05) is 0 Å². The highest BCUT2D eigenvalue weighted by Crippen LogP contribution is 2.30. The molecule has 4 aromatic rings. The van der Waals surface area contributed by atoms with E-state index in [1.807, 2.05) is 19.4 Å². The van der Waals surface area contributed by atoms with Gasteiger partial charge in [0.05, 0.1) is 46.1 Å². The van der Waals surface area contributed by atoms with Crippen molar-refractivity contribution in [3.63, 3.8) is 0 Å². The summed E-state index contributed by atoms with van der Waals surface area (Å²) < 4.78 is 8.81. The summed E-state index contributed by atoms with van der Waals surface area (Å²) in [6.45, 7) is 6.23. The van der Waals surface area contributed by atoms with Crippen LogP contribution in [0.3, 0.4) is 0 Å². The van der Waals surface area contributed by atoms with Crippen LogP contribution in [0, 0.1) is 6.92 Å². The molecule has 11 nitrogen and oxygen atoms in total. The van der Waals surface area contributed by atoms with Crippen LogP contribution in [0.5, 0.6) is 0 Å². The molecule has 1 fully saturated rings. The first-order valence-electron chi connectivity index (χ1n) is 11.8. The molecule has 4 aromatic heterocycles. The molecule has 1 aliphatic rings. The van der Waals surface area contributed by atoms with Gasteiger partial charge < -0.3 is 10.1 Å². The standard InChI is InChI=1S/C24H28N8O3S/c1-15(31-6-4-5-7-31)14-35-24(34)28-18-8-20(16(2)25-10-18)29-22(33)19-11-27-32-13-21(36-23(19)32)17-9-26-30(3)12-17/h8-13,15H,4-7,14H2,1-3H3,(H,28,34)(H,29,33). The van der Waals surface area contributed by atoms with E-state index in [-0.39, 0.29) is 11.9 Å². The number of amides is 2. The smallest absolute Gasteiger partial charge is 0.411 e. The number of likely N-dealkylation sites (tertiary alicyclic amines) is 1. The van der Waals surface area contributed by atoms with Gasteiger partial charge in [-0.05, 0) is 45.8 Å². The van der Waals surface area contributed by atoms with E-state index < -0.39 is 6.09 Å². The van der Waals surface area contributed by atoms with Crippen LogP contribution < -0.4 is 10.6 Å². The minimum Gasteiger partial charge on any atom is -0.448 e. The first-order chi connectivity index (χ1) is 17.4. The lowest BCUT2D eigenvalue weighted by Crippen LogP contribution is -2.35. The Labute approximate surface area is 212 Å². The lowest BCUT2D eigenvalue weighted by molar-refractivity contribution is 0.102. The Morgan fingerprint density at radius 1 is 1.14 bits per heavy atom. The predicted octanol–water partition coefficient (Wildman–Crippen LogP) is 3.78. The average molecular weight is 509 g/mol. The van der Waals surface area contributed by atoms with Gasteiger partial charge in [0.1, 0.15) is 11.4 Å². The van der Waals surface area contributed by atoms with Gasteiger partial charge in [0, 0.05) is 31.0 Å². The number of rotatable bonds is 7. The molecule has 5 rings (SSSR count). The molecule has 1 atom stereocenters. The molecule has 5 heterocycles. The highest BCUT2D eigenvalue weighted by atomic mass is 32.1. The van der Waals surface area contributed by atoms with Gasteiger partial charge >= 0.3 is 6.09 Å². The van der Waals surface area contributed by atoms with E-state index in [1.165, 1.54) is 36.6 Å². The maximum atomic E-state index is 13.1. The van der Waals surface area contributed by atoms with Crippen LogP contribution in [0.2, 0.25) is 0 Å². The lowest BCUT2D eigenvalue weighted by atomic mass is 10.2. The van der Waals surface area contributed by atoms with Crippen molar-refractivity contribution in [2.75, 3.05) is 30.3 Å². The number of fused-ring (bicyclic) bond motifs is 1. The van der Waals surface area contributed by atoms with Crippen LogP contribution in [0.15, 0.2) is 37.1 Å². The summed E-state index contributed by atoms with van der Waals surface area (Å²) in [6.07, 6.45) is 10.5. The fourth-order valence-electron chi connectivity index (χ4n) is 4.18. The lowest BCUT2D eigenvalue weighted by Gasteiger charge is -2.23. The van der Waals surface area contributed by atoms with E-state index >= 15 is 0 Å². The maximum absolute atomic E-state index is 13.1. The third kappa shape index (κ3) is 5.09. The van der Waals surface area contributed by atoms with E-state index in [9.17, 15) is 9.59 Å². The summed E-state index contributed by atoms with van der Waals surface area (Å²) in [6, 6.07) is 1.84. The van der Waals surface area contributed by atoms with Crippen molar-refractivity contribution >= 4 is 39.5 Å². The monoisotopic (exact) mass is 508 g/mol. The number of pyridine rings is 1. The van der Waals surface area contributed by atoms with Crippen molar-refractivity contribution in [2.24, 2.45) is 7.05 Å². The number of aryl methyl sites for hydroxylation is 2. The Hall–Kier alpha value is -3.77. The molecule has 1 unspecified atom stereocenters. The van der Waals surface area contributed by atoms with Crippen molar-refractivity contribution in [3.05, 3.63) is 48.3 Å². The highest BCUT2D eigenvalue weighted by Gasteiger charge is 2.20. The highest BCUT2D eigenvalue weighted by molar-refractivity contribution is 7.21. The van der Waals surface area contributed by atoms with Gasteiger partial charge in [0.15, 0.2) is 0 Å². The number of carbonyl (C=O) groups is 2. The second-order valence-corrected chi connectivity index (χ2v) is 9.96. The topological polar surface area (TPSA) is 119 Å². The van der Waals surface area contributed by atoms with Crippen LogP contribution in [-0.4, -0.2) is 67.0 Å². The normalized spacial score (nSPS) is 14.8. The Kier molecular flexibility index (Phi) is 6.70. The molecule has 2 amide bonds. The van der Waals surface area contributed by atoms with Crippen molar-refractivity contribution in [2.45, 2.75) is 32.7 Å². The Morgan fingerprint density at radius 3 is 2.69 bits per heavy atom. The van der Waals surface area contributed by atoms with Crippen LogP contribution in [-0.2, 0) is 11.8 Å². The molecule has 2 N–H and O–H groups in total. The minimum atomic E-state index is -0.552. The number of nitrogens with one attached hydrogen (secondary N) is 2. The van der Waals surface area contributed by atoms with E-state index in [1.54, 1.807) is 28.4 Å². The number of anilines is 2. The van der Waals surface area contributed by atoms with Crippen LogP contribution in [0.1, 0.15) is 35.8 Å². The molecule has 0 bridgehead atoms. The molecular weight excluding hydrogens is 480 g/mol. The van der Waals surface area contributed by atoms with Gasteiger partial charge in [-0.25, -0.2) is 9.31 Å². The molecule has 0 radical (unpaired) electrons. The number of thiazole rings is 1. The number of hydrogen-bond donors (Lipinski definition) is 2. The summed E-state index contributed by atoms with van der Waals surface area (Å²) in [5.41, 5.74) is 2.95. The number of ether oxygens (including phenoxy) is 1. The molecule has 1 saturated heterocycles. The van der Waals surface area contributed by atoms with E-state index in [0.717, 1.165) is 28.4 Å². The SMILES string of the molecule is Cc1ncc(NC(=O)OCC(C)N2CCCC2)cc1NC(=O)c1cnn2cc(-c3cnn(C)c3)sc12. The summed E-state index contributed by atoms with van der Waals surface area (Å²) >= 11 is 1.46. The quantitative estimate of drug-likeness (QED) is 0.390. The number of carbonyl (C=O) groups excluding carboxylic acids is 2. The zero-order chi connectivity index (χ0) is 25.2. The second-order valence-electron chi connectivity index (χ2n) is 8.93. The summed E-state index contributed by atoms with van der Waals surface area (Å²) in [7, 11) is 1.86. The van der Waals surface area contributed by atoms with Gasteiger partial charge in [0.2, 0.25) is 0 Å². The molecule has 0 aliphatic carbocycles. The molecule has 188 valence electrons. The third-order valence-corrected chi connectivity index (χ3v) is 7.39. The fraction of sp³-hybridized carbons (Fsp3) is 0.375. The summed E-state index contributed by atoms with van der Waals surface area (Å²) in [5, 5.41) is 14.1. The van der Waals surface area contributed by atoms with Crippen molar-refractivity contribution in [1.82, 2.24) is 29.3 Å². The van der Waals surface area contributed by atoms with Crippen LogP contribution >= 0.6 is 11.3 Å². The third-order valence-electron chi connectivity index (χ3n) is 6.23. The molecule has 0 saturated carbocycles. The van der Waals surface area contributed by atoms with Gasteiger partial charge in [0.25, 0.3) is 5.91 Å². The fourth-order valence-corrected chi connectivity index (χ4v) is 5.21. The summed E-state index contributed by atoms with van der Waals surface area (Å²) in [4.78, 5) is 33.7. The average Bonchev–Trinajstić information content (AvgIpc) is 3.64. The van der Waals surface area contributed by atoms with Gasteiger partial charge in [-0.15, -0.1) is 11.3 Å². The molecule has 36 heavy (non-hydrogen) atoms. The molecular formula is C24H28N8O3S. The van der Waals surface area contributed by atoms with Crippen molar-refractivity contribution < 1.29 is 14.3 Å². The Morgan fingerprint density at radius 2 is 1.94 bits per heavy atom. The van der Waals surface area contributed by atoms with E-state index in [2.05, 4.69) is 37.6 Å². The Bertz CT molecular complexity index is 1400. The Balaban J connectivity index is 1.24. The van der Waals surface area contributed by atoms with Gasteiger partial charge in [-0.3, -0.25) is 24.7 Å². The zero-order valence-corrected chi connectivity index (χ0v) is 21.2.